The summed E-state index contributed by atoms with van der Waals surface area (Å²) in [5.41, 5.74) is 13.4. The van der Waals surface area contributed by atoms with Crippen LogP contribution in [0.15, 0.2) is 158 Å². The summed E-state index contributed by atoms with van der Waals surface area (Å²) in [4.78, 5) is 82.7. The molecular formula is C63H48Cl3N15O2S3. The van der Waals surface area contributed by atoms with Gasteiger partial charge in [0.1, 0.15) is 49.6 Å². The standard InChI is InChI=1S/C21H16ClN5OS.C21H14ClN5OS.C20H14ClN5S.CH4/c2*1-11-2-3-14(15(22)10-11)17-18(20-24-8-9-25-20)29-21(27-17)13-6-7-23-19-12(13)4-5-16(28)26-19;1-11-2-3-14(15(21)10-11)16-17(19-24-8-9-25-19)27-20(26-16)13-5-7-23-18-12(13)4-6-22-18;/h2-3,6-10H,4-5H2,1H3,(H,24,25)(H,23,26,28);2-10H,1H3,(H,24,25)(H,23,26,28);2-10H,1H3,(H,22,23)(H,24,25);1H4. The summed E-state index contributed by atoms with van der Waals surface area (Å²) in [5, 5.41) is 9.23. The van der Waals surface area contributed by atoms with Gasteiger partial charge in [0, 0.05) is 124 Å². The molecule has 23 heteroatoms. The van der Waals surface area contributed by atoms with Crippen LogP contribution in [0.4, 0.5) is 5.82 Å². The minimum absolute atomic E-state index is 0. The number of aromatic amines is 5. The van der Waals surface area contributed by atoms with Gasteiger partial charge in [-0.25, -0.2) is 44.9 Å². The van der Waals surface area contributed by atoms with Crippen LogP contribution in [0.5, 0.6) is 0 Å². The first kappa shape index (κ1) is 57.2. The molecule has 0 radical (unpaired) electrons. The van der Waals surface area contributed by atoms with Gasteiger partial charge in [-0.1, -0.05) is 78.6 Å². The summed E-state index contributed by atoms with van der Waals surface area (Å²) >= 11 is 24.3. The molecule has 6 N–H and O–H groups in total. The first-order chi connectivity index (χ1) is 41.4. The number of pyridine rings is 4. The summed E-state index contributed by atoms with van der Waals surface area (Å²) in [6, 6.07) is 29.0. The van der Waals surface area contributed by atoms with Crippen LogP contribution < -0.4 is 10.9 Å². The number of anilines is 1. The molecule has 0 atom stereocenters. The van der Waals surface area contributed by atoms with Crippen molar-refractivity contribution in [3.8, 4) is 97.6 Å². The number of carbonyl (C=O) groups excluding carboxylic acids is 1. The fourth-order valence-corrected chi connectivity index (χ4v) is 14.0. The van der Waals surface area contributed by atoms with Crippen molar-refractivity contribution >= 4 is 103 Å². The van der Waals surface area contributed by atoms with Crippen molar-refractivity contribution in [1.82, 2.24) is 69.8 Å². The second-order valence-corrected chi connectivity index (χ2v) is 23.8. The molecule has 17 nitrogen and oxygen atoms in total. The lowest BCUT2D eigenvalue weighted by Crippen LogP contribution is -2.20. The molecule has 3 aromatic carbocycles. The molecule has 0 bridgehead atoms. The number of H-pyrrole nitrogens is 5. The Bertz CT molecular complexity index is 4850. The number of hydrogen-bond donors (Lipinski definition) is 6. The van der Waals surface area contributed by atoms with Gasteiger partial charge in [0.2, 0.25) is 11.5 Å². The zero-order chi connectivity index (χ0) is 58.3. The highest BCUT2D eigenvalue weighted by Crippen LogP contribution is 2.46. The molecule has 1 amide bonds. The molecule has 0 unspecified atom stereocenters. The van der Waals surface area contributed by atoms with Gasteiger partial charge in [-0.2, -0.15) is 0 Å². The van der Waals surface area contributed by atoms with E-state index in [-0.39, 0.29) is 18.9 Å². The molecule has 0 saturated carbocycles. The van der Waals surface area contributed by atoms with Crippen molar-refractivity contribution in [2.24, 2.45) is 0 Å². The summed E-state index contributed by atoms with van der Waals surface area (Å²) in [7, 11) is 0. The van der Waals surface area contributed by atoms with Crippen molar-refractivity contribution in [2.45, 2.75) is 41.0 Å². The number of imidazole rings is 3. The van der Waals surface area contributed by atoms with Crippen LogP contribution in [-0.4, -0.2) is 75.7 Å². The van der Waals surface area contributed by atoms with Crippen LogP contribution in [0.1, 0.15) is 36.1 Å². The van der Waals surface area contributed by atoms with Gasteiger partial charge in [0.25, 0.3) is 0 Å². The van der Waals surface area contributed by atoms with Gasteiger partial charge in [-0.3, -0.25) is 9.59 Å². The third kappa shape index (κ3) is 11.4. The molecule has 14 aromatic rings. The van der Waals surface area contributed by atoms with Gasteiger partial charge in [-0.05, 0) is 92.4 Å². The summed E-state index contributed by atoms with van der Waals surface area (Å²) in [6.45, 7) is 6.03. The van der Waals surface area contributed by atoms with Gasteiger partial charge in [-0.15, -0.1) is 34.0 Å². The molecule has 0 fully saturated rings. The highest BCUT2D eigenvalue weighted by atomic mass is 35.5. The van der Waals surface area contributed by atoms with Crippen LogP contribution in [0.25, 0.3) is 120 Å². The quantitative estimate of drug-likeness (QED) is 0.0794. The number of aryl methyl sites for hydroxylation is 3. The van der Waals surface area contributed by atoms with E-state index >= 15 is 0 Å². The number of halogens is 3. The molecule has 15 rings (SSSR count). The zero-order valence-electron chi connectivity index (χ0n) is 45.0. The number of rotatable bonds is 9. The van der Waals surface area contributed by atoms with Gasteiger partial charge in [0.15, 0.2) is 0 Å². The Kier molecular flexibility index (Phi) is 16.2. The highest BCUT2D eigenvalue weighted by Gasteiger charge is 2.26. The number of carbonyl (C=O) groups is 1. The maximum absolute atomic E-state index is 11.7. The number of fused-ring (bicyclic) bond motifs is 3. The fourth-order valence-electron chi connectivity index (χ4n) is 9.82. The Morgan fingerprint density at radius 1 is 0.430 bits per heavy atom. The van der Waals surface area contributed by atoms with Gasteiger partial charge >= 0.3 is 0 Å². The summed E-state index contributed by atoms with van der Waals surface area (Å²) in [5.74, 6) is 2.86. The third-order valence-corrected chi connectivity index (χ3v) is 18.1. The first-order valence-electron chi connectivity index (χ1n) is 26.4. The molecule has 0 spiro atoms. The lowest BCUT2D eigenvalue weighted by Gasteiger charge is -2.17. The van der Waals surface area contributed by atoms with Crippen molar-refractivity contribution in [1.29, 1.82) is 0 Å². The van der Waals surface area contributed by atoms with Crippen LogP contribution >= 0.6 is 68.8 Å². The lowest BCUT2D eigenvalue weighted by molar-refractivity contribution is -0.116. The molecular weight excluding hydrogens is 1200 g/mol. The molecule has 0 aliphatic carbocycles. The van der Waals surface area contributed by atoms with Crippen LogP contribution in [0.2, 0.25) is 15.1 Å². The van der Waals surface area contributed by atoms with Gasteiger partial charge in [0.05, 0.1) is 46.8 Å². The van der Waals surface area contributed by atoms with Crippen LogP contribution in [0, 0.1) is 20.8 Å². The number of nitrogens with zero attached hydrogens (tertiary/aromatic N) is 9. The van der Waals surface area contributed by atoms with Crippen molar-refractivity contribution in [3.63, 3.8) is 0 Å². The maximum Gasteiger partial charge on any atom is 0.249 e. The summed E-state index contributed by atoms with van der Waals surface area (Å²) in [6.07, 6.45) is 18.7. The van der Waals surface area contributed by atoms with Crippen molar-refractivity contribution in [3.05, 3.63) is 201 Å². The second-order valence-electron chi connectivity index (χ2n) is 19.6. The molecule has 12 heterocycles. The number of amides is 1. The Labute approximate surface area is 518 Å². The highest BCUT2D eigenvalue weighted by molar-refractivity contribution is 7.19. The Balaban J connectivity index is 0.000000126. The number of thiazole rings is 3. The Morgan fingerprint density at radius 2 is 0.872 bits per heavy atom. The third-order valence-electron chi connectivity index (χ3n) is 13.9. The Morgan fingerprint density at radius 3 is 1.34 bits per heavy atom. The average molecular weight is 1250 g/mol. The van der Waals surface area contributed by atoms with Gasteiger partial charge < -0.3 is 30.2 Å². The maximum atomic E-state index is 11.7. The van der Waals surface area contributed by atoms with E-state index in [2.05, 4.69) is 60.1 Å². The smallest absolute Gasteiger partial charge is 0.249 e. The first-order valence-corrected chi connectivity index (χ1v) is 30.0. The normalized spacial score (nSPS) is 11.8. The number of benzene rings is 3. The van der Waals surface area contributed by atoms with E-state index in [1.165, 1.54) is 17.4 Å². The fraction of sp³-hybridized carbons (Fsp3) is 0.0952. The Hall–Kier alpha value is -9.28. The monoisotopic (exact) mass is 1250 g/mol. The van der Waals surface area contributed by atoms with E-state index in [1.807, 2.05) is 112 Å². The van der Waals surface area contributed by atoms with E-state index in [0.29, 0.717) is 39.4 Å². The van der Waals surface area contributed by atoms with Crippen molar-refractivity contribution in [2.75, 3.05) is 5.32 Å². The van der Waals surface area contributed by atoms with E-state index in [0.717, 1.165) is 136 Å². The SMILES string of the molecule is C.Cc1ccc(-c2nc(-c3ccnc4[nH]c(=O)ccc34)sc2-c2ncc[nH]2)c(Cl)c1.Cc1ccc(-c2nc(-c3ccnc4[nH]ccc34)sc2-c2ncc[nH]2)c(Cl)c1.Cc1ccc(-c2nc(-c3ccnc4c3CCC(=O)N4)sc2-c2ncc[nH]2)c(Cl)c1. The predicted octanol–water partition coefficient (Wildman–Crippen LogP) is 16.5. The molecule has 426 valence electrons. The molecule has 11 aromatic heterocycles. The van der Waals surface area contributed by atoms with Crippen molar-refractivity contribution < 1.29 is 4.79 Å². The topological polar surface area (TPSA) is 241 Å². The van der Waals surface area contributed by atoms with E-state index in [9.17, 15) is 9.59 Å². The number of hydrogen-bond acceptors (Lipinski definition) is 14. The number of nitrogens with one attached hydrogen (secondary N) is 6. The second kappa shape index (κ2) is 24.4. The van der Waals surface area contributed by atoms with Crippen LogP contribution in [-0.2, 0) is 11.2 Å². The minimum atomic E-state index is -0.190. The lowest BCUT2D eigenvalue weighted by atomic mass is 10.0. The predicted molar refractivity (Wildman–Crippen MR) is 348 cm³/mol. The van der Waals surface area contributed by atoms with E-state index in [1.54, 1.807) is 78.3 Å². The minimum Gasteiger partial charge on any atom is -0.346 e. The average Bonchev–Trinajstić information content (AvgIpc) is 2.44. The largest absolute Gasteiger partial charge is 0.346 e. The summed E-state index contributed by atoms with van der Waals surface area (Å²) < 4.78 is 0. The van der Waals surface area contributed by atoms with Crippen LogP contribution in [0.3, 0.4) is 0 Å². The molecule has 0 saturated heterocycles. The number of aromatic nitrogens is 14. The molecule has 86 heavy (non-hydrogen) atoms. The zero-order valence-corrected chi connectivity index (χ0v) is 49.8. The van der Waals surface area contributed by atoms with E-state index in [4.69, 9.17) is 49.8 Å². The molecule has 1 aliphatic rings. The van der Waals surface area contributed by atoms with E-state index < -0.39 is 0 Å². The molecule has 1 aliphatic heterocycles.